The summed E-state index contributed by atoms with van der Waals surface area (Å²) in [6.07, 6.45) is 2.96. The quantitative estimate of drug-likeness (QED) is 0.503. The molecule has 0 radical (unpaired) electrons. The summed E-state index contributed by atoms with van der Waals surface area (Å²) in [6, 6.07) is 0. The highest BCUT2D eigenvalue weighted by Gasteiger charge is 2.30. The Morgan fingerprint density at radius 3 is 2.60 bits per heavy atom. The van der Waals surface area contributed by atoms with E-state index in [0.717, 1.165) is 6.42 Å². The van der Waals surface area contributed by atoms with Crippen molar-refractivity contribution in [3.05, 3.63) is 12.7 Å². The first-order valence-electron chi connectivity index (χ1n) is 3.50. The van der Waals surface area contributed by atoms with E-state index >= 15 is 0 Å². The van der Waals surface area contributed by atoms with Crippen molar-refractivity contribution in [2.24, 2.45) is 5.10 Å². The van der Waals surface area contributed by atoms with Crippen molar-refractivity contribution >= 4 is 5.71 Å². The lowest BCUT2D eigenvalue weighted by atomic mass is 9.97. The first-order chi connectivity index (χ1) is 4.58. The van der Waals surface area contributed by atoms with E-state index in [0.29, 0.717) is 0 Å². The van der Waals surface area contributed by atoms with Gasteiger partial charge in [0, 0.05) is 19.2 Å². The summed E-state index contributed by atoms with van der Waals surface area (Å²) in [5.41, 5.74) is 1.24. The van der Waals surface area contributed by atoms with Crippen molar-refractivity contribution in [1.29, 1.82) is 0 Å². The van der Waals surface area contributed by atoms with E-state index in [9.17, 15) is 0 Å². The van der Waals surface area contributed by atoms with Crippen LogP contribution in [0.15, 0.2) is 17.8 Å². The van der Waals surface area contributed by atoms with Crippen LogP contribution < -0.4 is 0 Å². The Labute approximate surface area is 62.2 Å². The minimum atomic E-state index is 0.0596. The van der Waals surface area contributed by atoms with E-state index in [2.05, 4.69) is 18.6 Å². The highest BCUT2D eigenvalue weighted by atomic mass is 15.5. The Morgan fingerprint density at radius 1 is 1.80 bits per heavy atom. The maximum Gasteiger partial charge on any atom is 0.0777 e. The van der Waals surface area contributed by atoms with Crippen molar-refractivity contribution in [1.82, 2.24) is 5.01 Å². The summed E-state index contributed by atoms with van der Waals surface area (Å²) in [4.78, 5) is 0. The molecule has 1 heterocycles. The van der Waals surface area contributed by atoms with Crippen molar-refractivity contribution in [3.8, 4) is 0 Å². The molecule has 1 atom stereocenters. The number of hydrazone groups is 1. The maximum atomic E-state index is 4.29. The first-order valence-corrected chi connectivity index (χ1v) is 3.50. The third-order valence-electron chi connectivity index (χ3n) is 2.11. The first kappa shape index (κ1) is 7.32. The van der Waals surface area contributed by atoms with Gasteiger partial charge >= 0.3 is 0 Å². The molecule has 0 amide bonds. The van der Waals surface area contributed by atoms with E-state index in [1.165, 1.54) is 5.71 Å². The molecule has 0 bridgehead atoms. The number of likely N-dealkylation sites (N-methyl/N-ethyl adjacent to an activating group) is 1. The Bertz CT molecular complexity index is 184. The molecule has 1 unspecified atom stereocenters. The molecular weight excluding hydrogens is 124 g/mol. The zero-order chi connectivity index (χ0) is 7.78. The van der Waals surface area contributed by atoms with Gasteiger partial charge in [-0.1, -0.05) is 6.08 Å². The van der Waals surface area contributed by atoms with Gasteiger partial charge in [-0.15, -0.1) is 6.58 Å². The fourth-order valence-electron chi connectivity index (χ4n) is 1.24. The van der Waals surface area contributed by atoms with Gasteiger partial charge < -0.3 is 0 Å². The van der Waals surface area contributed by atoms with Crippen LogP contribution in [0.2, 0.25) is 0 Å². The molecule has 1 aliphatic rings. The Kier molecular flexibility index (Phi) is 1.55. The van der Waals surface area contributed by atoms with Gasteiger partial charge in [0.25, 0.3) is 0 Å². The van der Waals surface area contributed by atoms with Crippen LogP contribution in [0.3, 0.4) is 0 Å². The molecular formula is C8H14N2. The van der Waals surface area contributed by atoms with Crippen molar-refractivity contribution < 1.29 is 0 Å². The molecule has 0 saturated carbocycles. The molecule has 0 spiro atoms. The smallest absolute Gasteiger partial charge is 0.0777 e. The van der Waals surface area contributed by atoms with Gasteiger partial charge in [0.1, 0.15) is 0 Å². The average molecular weight is 138 g/mol. The van der Waals surface area contributed by atoms with E-state index in [1.54, 1.807) is 0 Å². The number of hydrogen-bond acceptors (Lipinski definition) is 2. The van der Waals surface area contributed by atoms with E-state index in [4.69, 9.17) is 0 Å². The summed E-state index contributed by atoms with van der Waals surface area (Å²) < 4.78 is 0. The van der Waals surface area contributed by atoms with Crippen LogP contribution in [-0.4, -0.2) is 23.3 Å². The highest BCUT2D eigenvalue weighted by Crippen LogP contribution is 2.25. The average Bonchev–Trinajstić information content (AvgIpc) is 2.09. The fraction of sp³-hybridized carbons (Fsp3) is 0.625. The summed E-state index contributed by atoms with van der Waals surface area (Å²) in [5.74, 6) is 0. The predicted molar refractivity (Wildman–Crippen MR) is 44.1 cm³/mol. The second-order valence-corrected chi connectivity index (χ2v) is 3.10. The summed E-state index contributed by atoms with van der Waals surface area (Å²) in [7, 11) is 1.98. The molecule has 0 saturated heterocycles. The minimum absolute atomic E-state index is 0.0596. The SMILES string of the molecule is C=CC1(C)CC(C)=NN1C. The molecule has 2 nitrogen and oxygen atoms in total. The van der Waals surface area contributed by atoms with E-state index in [1.807, 2.05) is 25.1 Å². The number of hydrogen-bond donors (Lipinski definition) is 0. The van der Waals surface area contributed by atoms with Gasteiger partial charge in [-0.25, -0.2) is 0 Å². The van der Waals surface area contributed by atoms with E-state index in [-0.39, 0.29) is 5.54 Å². The molecule has 0 aromatic rings. The zero-order valence-electron chi connectivity index (χ0n) is 6.89. The van der Waals surface area contributed by atoms with E-state index < -0.39 is 0 Å². The lowest BCUT2D eigenvalue weighted by molar-refractivity contribution is 0.226. The molecule has 0 aromatic heterocycles. The number of nitrogens with zero attached hydrogens (tertiary/aromatic N) is 2. The molecule has 0 fully saturated rings. The van der Waals surface area contributed by atoms with Crippen molar-refractivity contribution in [2.75, 3.05) is 7.05 Å². The van der Waals surface area contributed by atoms with Gasteiger partial charge in [-0.05, 0) is 13.8 Å². The van der Waals surface area contributed by atoms with Crippen molar-refractivity contribution in [2.45, 2.75) is 25.8 Å². The Hall–Kier alpha value is -0.790. The fourth-order valence-corrected chi connectivity index (χ4v) is 1.24. The zero-order valence-corrected chi connectivity index (χ0v) is 6.89. The largest absolute Gasteiger partial charge is 0.290 e. The molecule has 0 aliphatic carbocycles. The van der Waals surface area contributed by atoms with Crippen LogP contribution in [-0.2, 0) is 0 Å². The Balaban J connectivity index is 2.80. The lowest BCUT2D eigenvalue weighted by Crippen LogP contribution is -2.34. The Morgan fingerprint density at radius 2 is 2.40 bits per heavy atom. The summed E-state index contributed by atoms with van der Waals surface area (Å²) >= 11 is 0. The summed E-state index contributed by atoms with van der Waals surface area (Å²) in [6.45, 7) is 7.97. The lowest BCUT2D eigenvalue weighted by Gasteiger charge is -2.27. The molecule has 0 N–H and O–H groups in total. The highest BCUT2D eigenvalue weighted by molar-refractivity contribution is 5.84. The monoisotopic (exact) mass is 138 g/mol. The summed E-state index contributed by atoms with van der Waals surface area (Å²) in [5, 5.41) is 6.26. The second-order valence-electron chi connectivity index (χ2n) is 3.10. The van der Waals surface area contributed by atoms with Crippen molar-refractivity contribution in [3.63, 3.8) is 0 Å². The van der Waals surface area contributed by atoms with Crippen LogP contribution >= 0.6 is 0 Å². The van der Waals surface area contributed by atoms with Gasteiger partial charge in [0.2, 0.25) is 0 Å². The second kappa shape index (κ2) is 2.11. The van der Waals surface area contributed by atoms with Crippen LogP contribution in [0.25, 0.3) is 0 Å². The maximum absolute atomic E-state index is 4.29. The third-order valence-corrected chi connectivity index (χ3v) is 2.11. The molecule has 10 heavy (non-hydrogen) atoms. The van der Waals surface area contributed by atoms with Gasteiger partial charge in [-0.2, -0.15) is 5.10 Å². The molecule has 56 valence electrons. The standard InChI is InChI=1S/C8H14N2/c1-5-8(3)6-7(2)9-10(8)4/h5H,1,6H2,2-4H3. The molecule has 2 heteroatoms. The third kappa shape index (κ3) is 0.939. The topological polar surface area (TPSA) is 15.6 Å². The predicted octanol–water partition coefficient (Wildman–Crippen LogP) is 1.64. The normalized spacial score (nSPS) is 32.3. The van der Waals surface area contributed by atoms with Crippen LogP contribution in [0.4, 0.5) is 0 Å². The molecule has 0 aromatic carbocycles. The van der Waals surface area contributed by atoms with Gasteiger partial charge in [0.15, 0.2) is 0 Å². The minimum Gasteiger partial charge on any atom is -0.290 e. The molecule has 1 aliphatic heterocycles. The number of rotatable bonds is 1. The van der Waals surface area contributed by atoms with Gasteiger partial charge in [-0.3, -0.25) is 5.01 Å². The molecule has 1 rings (SSSR count). The van der Waals surface area contributed by atoms with Crippen LogP contribution in [0.5, 0.6) is 0 Å². The van der Waals surface area contributed by atoms with Crippen LogP contribution in [0, 0.1) is 0 Å². The van der Waals surface area contributed by atoms with Gasteiger partial charge in [0.05, 0.1) is 5.54 Å². The van der Waals surface area contributed by atoms with Crippen LogP contribution in [0.1, 0.15) is 20.3 Å².